The van der Waals surface area contributed by atoms with Gasteiger partial charge in [0.1, 0.15) is 0 Å². The van der Waals surface area contributed by atoms with Gasteiger partial charge in [-0.2, -0.15) is 0 Å². The molecule has 0 spiro atoms. The van der Waals surface area contributed by atoms with E-state index in [1.54, 1.807) is 0 Å². The van der Waals surface area contributed by atoms with Gasteiger partial charge in [-0.3, -0.25) is 0 Å². The molecule has 4 heteroatoms. The lowest BCUT2D eigenvalue weighted by molar-refractivity contribution is 0.186. The molecule has 3 N–H and O–H groups in total. The third kappa shape index (κ3) is 3.26. The standard InChI is InChI=1S/C8H10INO.ClH/c9-7-3-1-2-6(4-7)8(11)5-10;/h1-4,8,11H,5,10H2;1H. The third-order valence-corrected chi connectivity index (χ3v) is 2.13. The van der Waals surface area contributed by atoms with Gasteiger partial charge >= 0.3 is 0 Å². The minimum absolute atomic E-state index is 0. The average molecular weight is 300 g/mol. The van der Waals surface area contributed by atoms with Crippen LogP contribution in [-0.2, 0) is 0 Å². The fourth-order valence-corrected chi connectivity index (χ4v) is 1.42. The molecule has 0 fully saturated rings. The Morgan fingerprint density at radius 1 is 1.50 bits per heavy atom. The Morgan fingerprint density at radius 3 is 2.67 bits per heavy atom. The highest BCUT2D eigenvalue weighted by Gasteiger charge is 2.03. The molecule has 0 aliphatic rings. The van der Waals surface area contributed by atoms with Gasteiger partial charge in [0.2, 0.25) is 0 Å². The third-order valence-electron chi connectivity index (χ3n) is 1.46. The first-order valence-electron chi connectivity index (χ1n) is 3.37. The minimum atomic E-state index is -0.523. The minimum Gasteiger partial charge on any atom is -0.387 e. The largest absolute Gasteiger partial charge is 0.387 e. The van der Waals surface area contributed by atoms with Crippen LogP contribution < -0.4 is 5.73 Å². The van der Waals surface area contributed by atoms with Gasteiger partial charge in [-0.15, -0.1) is 12.4 Å². The lowest BCUT2D eigenvalue weighted by Crippen LogP contribution is -2.11. The van der Waals surface area contributed by atoms with Crippen LogP contribution in [0.2, 0.25) is 0 Å². The summed E-state index contributed by atoms with van der Waals surface area (Å²) in [5, 5.41) is 9.33. The smallest absolute Gasteiger partial charge is 0.0912 e. The van der Waals surface area contributed by atoms with Crippen molar-refractivity contribution < 1.29 is 5.11 Å². The summed E-state index contributed by atoms with van der Waals surface area (Å²) in [6, 6.07) is 7.70. The maximum absolute atomic E-state index is 9.33. The van der Waals surface area contributed by atoms with Crippen LogP contribution in [0.5, 0.6) is 0 Å². The Bertz CT molecular complexity index is 244. The molecule has 0 aliphatic heterocycles. The second kappa shape index (κ2) is 5.75. The van der Waals surface area contributed by atoms with E-state index < -0.39 is 6.10 Å². The Kier molecular flexibility index (Phi) is 5.82. The summed E-state index contributed by atoms with van der Waals surface area (Å²) in [6.07, 6.45) is -0.523. The molecule has 1 atom stereocenters. The van der Waals surface area contributed by atoms with E-state index in [4.69, 9.17) is 5.73 Å². The molecule has 0 saturated heterocycles. The first kappa shape index (κ1) is 12.2. The van der Waals surface area contributed by atoms with Gasteiger partial charge in [0.05, 0.1) is 6.10 Å². The van der Waals surface area contributed by atoms with Crippen LogP contribution in [-0.4, -0.2) is 11.7 Å². The van der Waals surface area contributed by atoms with E-state index in [9.17, 15) is 5.11 Å². The lowest BCUT2D eigenvalue weighted by Gasteiger charge is -2.07. The van der Waals surface area contributed by atoms with Crippen molar-refractivity contribution in [2.75, 3.05) is 6.54 Å². The van der Waals surface area contributed by atoms with Gasteiger partial charge in [0.25, 0.3) is 0 Å². The predicted molar refractivity (Wildman–Crippen MR) is 60.4 cm³/mol. The molecule has 0 amide bonds. The predicted octanol–water partition coefficient (Wildman–Crippen LogP) is 1.71. The molecule has 0 saturated carbocycles. The highest BCUT2D eigenvalue weighted by atomic mass is 127. The second-order valence-corrected chi connectivity index (χ2v) is 3.55. The van der Waals surface area contributed by atoms with Crippen LogP contribution >= 0.6 is 35.0 Å². The van der Waals surface area contributed by atoms with E-state index in [1.165, 1.54) is 0 Å². The molecule has 68 valence electrons. The summed E-state index contributed by atoms with van der Waals surface area (Å²) in [7, 11) is 0. The fourth-order valence-electron chi connectivity index (χ4n) is 0.850. The van der Waals surface area contributed by atoms with Crippen molar-refractivity contribution in [2.24, 2.45) is 5.73 Å². The number of aliphatic hydroxyl groups is 1. The average Bonchev–Trinajstić information content (AvgIpc) is 2.03. The summed E-state index contributed by atoms with van der Waals surface area (Å²) < 4.78 is 1.12. The van der Waals surface area contributed by atoms with Crippen molar-refractivity contribution >= 4 is 35.0 Å². The van der Waals surface area contributed by atoms with Gasteiger partial charge in [-0.1, -0.05) is 12.1 Å². The van der Waals surface area contributed by atoms with E-state index in [0.717, 1.165) is 9.13 Å². The van der Waals surface area contributed by atoms with E-state index >= 15 is 0 Å². The van der Waals surface area contributed by atoms with Crippen LogP contribution in [0.25, 0.3) is 0 Å². The van der Waals surface area contributed by atoms with Crippen LogP contribution in [0, 0.1) is 3.57 Å². The molecule has 0 bridgehead atoms. The number of nitrogens with two attached hydrogens (primary N) is 1. The second-order valence-electron chi connectivity index (χ2n) is 2.31. The molecule has 1 unspecified atom stereocenters. The molecule has 1 aromatic rings. The summed E-state index contributed by atoms with van der Waals surface area (Å²) in [5.74, 6) is 0. The quantitative estimate of drug-likeness (QED) is 0.817. The molecule has 1 rings (SSSR count). The van der Waals surface area contributed by atoms with Crippen LogP contribution in [0.1, 0.15) is 11.7 Å². The number of hydrogen-bond donors (Lipinski definition) is 2. The highest BCUT2D eigenvalue weighted by Crippen LogP contribution is 2.14. The molecule has 0 radical (unpaired) electrons. The molecule has 12 heavy (non-hydrogen) atoms. The zero-order chi connectivity index (χ0) is 8.27. The van der Waals surface area contributed by atoms with Crippen molar-refractivity contribution in [3.8, 4) is 0 Å². The summed E-state index contributed by atoms with van der Waals surface area (Å²) in [4.78, 5) is 0. The number of aliphatic hydroxyl groups excluding tert-OH is 1. The van der Waals surface area contributed by atoms with Gasteiger partial charge < -0.3 is 10.8 Å². The van der Waals surface area contributed by atoms with Gasteiger partial charge in [-0.25, -0.2) is 0 Å². The molecule has 1 aromatic carbocycles. The summed E-state index contributed by atoms with van der Waals surface area (Å²) in [5.41, 5.74) is 6.19. The number of rotatable bonds is 2. The topological polar surface area (TPSA) is 46.2 Å². The molecule has 0 aromatic heterocycles. The van der Waals surface area contributed by atoms with E-state index in [2.05, 4.69) is 22.6 Å². The van der Waals surface area contributed by atoms with E-state index in [0.29, 0.717) is 0 Å². The maximum Gasteiger partial charge on any atom is 0.0912 e. The Morgan fingerprint density at radius 2 is 2.17 bits per heavy atom. The number of benzene rings is 1. The van der Waals surface area contributed by atoms with Crippen LogP contribution in [0.4, 0.5) is 0 Å². The van der Waals surface area contributed by atoms with Gasteiger partial charge in [-0.05, 0) is 40.3 Å². The maximum atomic E-state index is 9.33. The van der Waals surface area contributed by atoms with E-state index in [1.807, 2.05) is 24.3 Å². The monoisotopic (exact) mass is 299 g/mol. The Labute approximate surface area is 91.7 Å². The van der Waals surface area contributed by atoms with Crippen molar-refractivity contribution in [3.63, 3.8) is 0 Å². The van der Waals surface area contributed by atoms with Crippen LogP contribution in [0.15, 0.2) is 24.3 Å². The van der Waals surface area contributed by atoms with Crippen molar-refractivity contribution in [1.29, 1.82) is 0 Å². The number of hydrogen-bond acceptors (Lipinski definition) is 2. The van der Waals surface area contributed by atoms with Crippen molar-refractivity contribution in [2.45, 2.75) is 6.10 Å². The lowest BCUT2D eigenvalue weighted by atomic mass is 10.1. The van der Waals surface area contributed by atoms with Crippen molar-refractivity contribution in [1.82, 2.24) is 0 Å². The molecular weight excluding hydrogens is 288 g/mol. The summed E-state index contributed by atoms with van der Waals surface area (Å²) >= 11 is 2.20. The zero-order valence-electron chi connectivity index (χ0n) is 6.40. The fraction of sp³-hybridized carbons (Fsp3) is 0.250. The Hall–Kier alpha value is 0.160. The van der Waals surface area contributed by atoms with Crippen LogP contribution in [0.3, 0.4) is 0 Å². The first-order valence-corrected chi connectivity index (χ1v) is 4.45. The number of halogens is 2. The van der Waals surface area contributed by atoms with E-state index in [-0.39, 0.29) is 19.0 Å². The molecular formula is C8H11ClINO. The molecule has 0 aliphatic carbocycles. The van der Waals surface area contributed by atoms with Gasteiger partial charge in [0.15, 0.2) is 0 Å². The highest BCUT2D eigenvalue weighted by molar-refractivity contribution is 14.1. The molecule has 0 heterocycles. The van der Waals surface area contributed by atoms with Gasteiger partial charge in [0, 0.05) is 10.1 Å². The normalized spacial score (nSPS) is 11.9. The summed E-state index contributed by atoms with van der Waals surface area (Å²) in [6.45, 7) is 0.278. The zero-order valence-corrected chi connectivity index (χ0v) is 9.38. The SMILES string of the molecule is Cl.NCC(O)c1cccc(I)c1. The molecule has 2 nitrogen and oxygen atoms in total. The first-order chi connectivity index (χ1) is 5.24. The Balaban J connectivity index is 0.00000121. The van der Waals surface area contributed by atoms with Crippen molar-refractivity contribution in [3.05, 3.63) is 33.4 Å².